The topological polar surface area (TPSA) is 64.8 Å². The summed E-state index contributed by atoms with van der Waals surface area (Å²) in [4.78, 5) is 14.1. The highest BCUT2D eigenvalue weighted by Gasteiger charge is 2.23. The third kappa shape index (κ3) is 2.73. The lowest BCUT2D eigenvalue weighted by Crippen LogP contribution is -2.36. The van der Waals surface area contributed by atoms with Crippen LogP contribution < -0.4 is 15.2 Å². The van der Waals surface area contributed by atoms with Crippen molar-refractivity contribution in [3.05, 3.63) is 17.7 Å². The molecule has 104 valence electrons. The summed E-state index contributed by atoms with van der Waals surface area (Å²) in [7, 11) is 1.78. The molecule has 0 spiro atoms. The van der Waals surface area contributed by atoms with Crippen LogP contribution in [-0.4, -0.2) is 42.7 Å². The van der Waals surface area contributed by atoms with Crippen LogP contribution >= 0.6 is 11.8 Å². The van der Waals surface area contributed by atoms with Crippen molar-refractivity contribution in [1.82, 2.24) is 4.90 Å². The van der Waals surface area contributed by atoms with Gasteiger partial charge in [-0.2, -0.15) is 11.8 Å². The normalized spacial score (nSPS) is 14.3. The van der Waals surface area contributed by atoms with Gasteiger partial charge in [0.05, 0.1) is 5.56 Å². The van der Waals surface area contributed by atoms with Crippen LogP contribution in [-0.2, 0) is 0 Å². The molecule has 1 unspecified atom stereocenters. The second kappa shape index (κ2) is 5.61. The Hall–Kier alpha value is -1.56. The largest absolute Gasteiger partial charge is 0.454 e. The molecule has 19 heavy (non-hydrogen) atoms. The molecule has 1 amide bonds. The molecular formula is C13H18N2O3S. The van der Waals surface area contributed by atoms with E-state index in [0.29, 0.717) is 22.7 Å². The number of benzene rings is 1. The molecule has 1 aromatic rings. The van der Waals surface area contributed by atoms with E-state index in [2.05, 4.69) is 0 Å². The lowest BCUT2D eigenvalue weighted by atomic mass is 10.1. The predicted octanol–water partition coefficient (Wildman–Crippen LogP) is 1.82. The highest BCUT2D eigenvalue weighted by Crippen LogP contribution is 2.36. The van der Waals surface area contributed by atoms with Crippen LogP contribution in [0.4, 0.5) is 5.69 Å². The monoisotopic (exact) mass is 282 g/mol. The molecule has 0 bridgehead atoms. The summed E-state index contributed by atoms with van der Waals surface area (Å²) in [5.41, 5.74) is 6.79. The molecule has 6 heteroatoms. The SMILES string of the molecule is CSCC(C)N(C)C(=O)c1cc2c(cc1N)OCO2. The molecule has 1 aliphatic heterocycles. The second-order valence-corrected chi connectivity index (χ2v) is 5.42. The molecule has 0 aromatic heterocycles. The van der Waals surface area contributed by atoms with E-state index < -0.39 is 0 Å². The maximum atomic E-state index is 12.4. The van der Waals surface area contributed by atoms with E-state index in [4.69, 9.17) is 15.2 Å². The zero-order valence-electron chi connectivity index (χ0n) is 11.3. The Morgan fingerprint density at radius 2 is 2.11 bits per heavy atom. The second-order valence-electron chi connectivity index (χ2n) is 4.51. The maximum Gasteiger partial charge on any atom is 0.256 e. The average molecular weight is 282 g/mol. The van der Waals surface area contributed by atoms with E-state index in [9.17, 15) is 4.79 Å². The molecule has 0 fully saturated rings. The molecule has 1 aromatic carbocycles. The van der Waals surface area contributed by atoms with E-state index in [1.165, 1.54) is 0 Å². The van der Waals surface area contributed by atoms with Crippen molar-refractivity contribution in [2.75, 3.05) is 31.6 Å². The van der Waals surface area contributed by atoms with Gasteiger partial charge < -0.3 is 20.1 Å². The Kier molecular flexibility index (Phi) is 4.09. The number of hydrogen-bond acceptors (Lipinski definition) is 5. The Bertz CT molecular complexity index is 493. The standard InChI is InChI=1S/C13H18N2O3S/c1-8(6-19-3)15(2)13(16)9-4-11-12(5-10(9)14)18-7-17-11/h4-5,8H,6-7,14H2,1-3H3. The molecule has 0 saturated heterocycles. The van der Waals surface area contributed by atoms with Gasteiger partial charge in [-0.05, 0) is 19.2 Å². The summed E-state index contributed by atoms with van der Waals surface area (Å²) < 4.78 is 10.5. The minimum atomic E-state index is -0.0997. The Labute approximate surface area is 117 Å². The van der Waals surface area contributed by atoms with Gasteiger partial charge in [0.25, 0.3) is 5.91 Å². The van der Waals surface area contributed by atoms with Crippen LogP contribution in [0, 0.1) is 0 Å². The third-order valence-electron chi connectivity index (χ3n) is 3.16. The quantitative estimate of drug-likeness (QED) is 0.853. The van der Waals surface area contributed by atoms with Crippen molar-refractivity contribution < 1.29 is 14.3 Å². The van der Waals surface area contributed by atoms with E-state index >= 15 is 0 Å². The van der Waals surface area contributed by atoms with E-state index in [1.54, 1.807) is 35.8 Å². The van der Waals surface area contributed by atoms with Gasteiger partial charge in [0.1, 0.15) is 0 Å². The third-order valence-corrected chi connectivity index (χ3v) is 3.98. The molecule has 1 aliphatic rings. The number of hydrogen-bond donors (Lipinski definition) is 1. The fourth-order valence-electron chi connectivity index (χ4n) is 1.89. The first kappa shape index (κ1) is 13.9. The molecule has 0 saturated carbocycles. The minimum Gasteiger partial charge on any atom is -0.454 e. The number of carbonyl (C=O) groups excluding carboxylic acids is 1. The first-order valence-corrected chi connectivity index (χ1v) is 7.39. The van der Waals surface area contributed by atoms with E-state index in [-0.39, 0.29) is 18.7 Å². The van der Waals surface area contributed by atoms with E-state index in [0.717, 1.165) is 5.75 Å². The number of carbonyl (C=O) groups is 1. The van der Waals surface area contributed by atoms with Gasteiger partial charge in [0.15, 0.2) is 11.5 Å². The van der Waals surface area contributed by atoms with E-state index in [1.807, 2.05) is 13.2 Å². The van der Waals surface area contributed by atoms with Crippen molar-refractivity contribution in [2.45, 2.75) is 13.0 Å². The maximum absolute atomic E-state index is 12.4. The van der Waals surface area contributed by atoms with Gasteiger partial charge in [0, 0.05) is 30.6 Å². The van der Waals surface area contributed by atoms with Crippen LogP contribution in [0.15, 0.2) is 12.1 Å². The summed E-state index contributed by atoms with van der Waals surface area (Å²) in [6.45, 7) is 2.18. The fourth-order valence-corrected chi connectivity index (χ4v) is 2.59. The summed E-state index contributed by atoms with van der Waals surface area (Å²) in [6, 6.07) is 3.44. The van der Waals surface area contributed by atoms with Crippen LogP contribution in [0.3, 0.4) is 0 Å². The van der Waals surface area contributed by atoms with Gasteiger partial charge in [0.2, 0.25) is 6.79 Å². The first-order chi connectivity index (χ1) is 9.04. The predicted molar refractivity (Wildman–Crippen MR) is 76.9 cm³/mol. The molecule has 0 radical (unpaired) electrons. The van der Waals surface area contributed by atoms with Crippen LogP contribution in [0.1, 0.15) is 17.3 Å². The number of ether oxygens (including phenoxy) is 2. The van der Waals surface area contributed by atoms with Gasteiger partial charge >= 0.3 is 0 Å². The number of rotatable bonds is 4. The Morgan fingerprint density at radius 3 is 2.74 bits per heavy atom. The smallest absolute Gasteiger partial charge is 0.256 e. The zero-order valence-corrected chi connectivity index (χ0v) is 12.1. The lowest BCUT2D eigenvalue weighted by Gasteiger charge is -2.25. The van der Waals surface area contributed by atoms with Gasteiger partial charge in [-0.1, -0.05) is 0 Å². The summed E-state index contributed by atoms with van der Waals surface area (Å²) in [6.07, 6.45) is 2.02. The summed E-state index contributed by atoms with van der Waals surface area (Å²) >= 11 is 1.71. The number of anilines is 1. The molecule has 1 heterocycles. The molecule has 1 atom stereocenters. The summed E-state index contributed by atoms with van der Waals surface area (Å²) in [5, 5.41) is 0. The molecule has 2 rings (SSSR count). The number of amides is 1. The molecule has 2 N–H and O–H groups in total. The number of thioether (sulfide) groups is 1. The van der Waals surface area contributed by atoms with Crippen LogP contribution in [0.5, 0.6) is 11.5 Å². The molecule has 5 nitrogen and oxygen atoms in total. The lowest BCUT2D eigenvalue weighted by molar-refractivity contribution is 0.0758. The van der Waals surface area contributed by atoms with Gasteiger partial charge in [-0.15, -0.1) is 0 Å². The van der Waals surface area contributed by atoms with Crippen molar-refractivity contribution in [2.24, 2.45) is 0 Å². The van der Waals surface area contributed by atoms with Crippen LogP contribution in [0.2, 0.25) is 0 Å². The molecular weight excluding hydrogens is 264 g/mol. The van der Waals surface area contributed by atoms with Crippen molar-refractivity contribution in [3.8, 4) is 11.5 Å². The van der Waals surface area contributed by atoms with Gasteiger partial charge in [-0.3, -0.25) is 4.79 Å². The van der Waals surface area contributed by atoms with Gasteiger partial charge in [-0.25, -0.2) is 0 Å². The number of nitrogens with two attached hydrogens (primary N) is 1. The Morgan fingerprint density at radius 1 is 1.47 bits per heavy atom. The Balaban J connectivity index is 2.24. The first-order valence-electron chi connectivity index (χ1n) is 5.99. The molecule has 0 aliphatic carbocycles. The van der Waals surface area contributed by atoms with Crippen molar-refractivity contribution in [1.29, 1.82) is 0 Å². The minimum absolute atomic E-state index is 0.0997. The fraction of sp³-hybridized carbons (Fsp3) is 0.462. The van der Waals surface area contributed by atoms with Crippen molar-refractivity contribution in [3.63, 3.8) is 0 Å². The van der Waals surface area contributed by atoms with Crippen LogP contribution in [0.25, 0.3) is 0 Å². The highest BCUT2D eigenvalue weighted by molar-refractivity contribution is 7.98. The number of nitrogens with zero attached hydrogens (tertiary/aromatic N) is 1. The number of nitrogen functional groups attached to an aromatic ring is 1. The highest BCUT2D eigenvalue weighted by atomic mass is 32.2. The average Bonchev–Trinajstić information content (AvgIpc) is 2.83. The summed E-state index contributed by atoms with van der Waals surface area (Å²) in [5.74, 6) is 1.95. The zero-order chi connectivity index (χ0) is 14.0. The van der Waals surface area contributed by atoms with Crippen molar-refractivity contribution >= 4 is 23.4 Å². The number of fused-ring (bicyclic) bond motifs is 1.